The Hall–Kier alpha value is -1.95. The average Bonchev–Trinajstić information content (AvgIpc) is 2.93. The van der Waals surface area contributed by atoms with Gasteiger partial charge < -0.3 is 11.1 Å². The maximum Gasteiger partial charge on any atom is 0.254 e. The lowest BCUT2D eigenvalue weighted by atomic mass is 10.0. The molecular weight excluding hydrogens is 241 g/mol. The summed E-state index contributed by atoms with van der Waals surface area (Å²) in [6.07, 6.45) is 0. The van der Waals surface area contributed by atoms with Crippen molar-refractivity contribution in [3.8, 4) is 11.3 Å². The largest absolute Gasteiger partial charge is 0.381 e. The second-order valence-electron chi connectivity index (χ2n) is 3.71. The fourth-order valence-corrected chi connectivity index (χ4v) is 2.55. The van der Waals surface area contributed by atoms with Crippen LogP contribution in [-0.2, 0) is 6.54 Å². The average molecular weight is 249 g/mol. The molecule has 0 saturated carbocycles. The predicted octanol–water partition coefficient (Wildman–Crippen LogP) is 1.77. The minimum Gasteiger partial charge on any atom is -0.381 e. The molecule has 0 unspecified atom stereocenters. The molecule has 0 aliphatic carbocycles. The molecule has 3 heterocycles. The van der Waals surface area contributed by atoms with Crippen molar-refractivity contribution in [2.45, 2.75) is 6.54 Å². The topological polar surface area (TPSA) is 68.0 Å². The van der Waals surface area contributed by atoms with Crippen molar-refractivity contribution in [3.63, 3.8) is 0 Å². The van der Waals surface area contributed by atoms with E-state index in [1.165, 1.54) is 11.3 Å². The van der Waals surface area contributed by atoms with Crippen molar-refractivity contribution in [2.24, 2.45) is 0 Å². The van der Waals surface area contributed by atoms with Gasteiger partial charge >= 0.3 is 0 Å². The van der Waals surface area contributed by atoms with Gasteiger partial charge in [-0.3, -0.25) is 4.79 Å². The van der Waals surface area contributed by atoms with Gasteiger partial charge in [0.1, 0.15) is 0 Å². The predicted molar refractivity (Wildman–Crippen MR) is 63.1 cm³/mol. The third-order valence-corrected chi connectivity index (χ3v) is 3.39. The number of rotatable bonds is 1. The Kier molecular flexibility index (Phi) is 2.12. The normalized spacial score (nSPS) is 13.6. The second kappa shape index (κ2) is 3.53. The summed E-state index contributed by atoms with van der Waals surface area (Å²) >= 11 is 1.48. The van der Waals surface area contributed by atoms with Crippen LogP contribution < -0.4 is 11.1 Å². The molecule has 0 atom stereocenters. The molecular formula is C11H8FN3OS. The van der Waals surface area contributed by atoms with Gasteiger partial charge in [-0.25, -0.2) is 9.37 Å². The number of carbonyl (C=O) groups excluding carboxylic acids is 1. The molecule has 2 aromatic heterocycles. The lowest BCUT2D eigenvalue weighted by Crippen LogP contribution is -2.13. The number of nitrogens with zero attached hydrogens (tertiary/aromatic N) is 1. The molecule has 0 bridgehead atoms. The first-order valence-corrected chi connectivity index (χ1v) is 5.91. The molecule has 86 valence electrons. The van der Waals surface area contributed by atoms with Crippen LogP contribution in [-0.4, -0.2) is 10.9 Å². The zero-order valence-corrected chi connectivity index (χ0v) is 9.47. The number of amides is 1. The molecule has 0 radical (unpaired) electrons. The van der Waals surface area contributed by atoms with Crippen LogP contribution in [0.3, 0.4) is 0 Å². The van der Waals surface area contributed by atoms with Crippen molar-refractivity contribution in [1.29, 1.82) is 0 Å². The number of anilines is 1. The molecule has 17 heavy (non-hydrogen) atoms. The number of nitrogens with two attached hydrogens (primary N) is 1. The van der Waals surface area contributed by atoms with Gasteiger partial charge in [-0.2, -0.15) is 11.3 Å². The van der Waals surface area contributed by atoms with Gasteiger partial charge in [0.15, 0.2) is 11.6 Å². The molecule has 0 fully saturated rings. The van der Waals surface area contributed by atoms with E-state index >= 15 is 0 Å². The first-order valence-electron chi connectivity index (χ1n) is 4.97. The van der Waals surface area contributed by atoms with Crippen molar-refractivity contribution in [1.82, 2.24) is 10.3 Å². The molecule has 0 aromatic carbocycles. The molecule has 1 aliphatic heterocycles. The highest BCUT2D eigenvalue weighted by molar-refractivity contribution is 7.08. The SMILES string of the molecule is Nc1nc(-c2ccsc2)c2c(c1F)CNC2=O. The summed E-state index contributed by atoms with van der Waals surface area (Å²) in [6, 6.07) is 1.83. The van der Waals surface area contributed by atoms with Crippen LogP contribution in [0.1, 0.15) is 15.9 Å². The molecule has 6 heteroatoms. The van der Waals surface area contributed by atoms with Crippen LogP contribution in [0.2, 0.25) is 0 Å². The van der Waals surface area contributed by atoms with E-state index in [1.807, 2.05) is 16.8 Å². The summed E-state index contributed by atoms with van der Waals surface area (Å²) in [4.78, 5) is 15.7. The van der Waals surface area contributed by atoms with Gasteiger partial charge in [0.2, 0.25) is 0 Å². The summed E-state index contributed by atoms with van der Waals surface area (Å²) in [6.45, 7) is 0.170. The van der Waals surface area contributed by atoms with Crippen LogP contribution in [0.25, 0.3) is 11.3 Å². The van der Waals surface area contributed by atoms with E-state index in [0.29, 0.717) is 16.8 Å². The van der Waals surface area contributed by atoms with Crippen LogP contribution in [0, 0.1) is 5.82 Å². The number of nitrogens with one attached hydrogen (secondary N) is 1. The summed E-state index contributed by atoms with van der Waals surface area (Å²) in [5.41, 5.74) is 7.37. The quantitative estimate of drug-likeness (QED) is 0.809. The van der Waals surface area contributed by atoms with Crippen molar-refractivity contribution in [3.05, 3.63) is 33.8 Å². The van der Waals surface area contributed by atoms with E-state index in [9.17, 15) is 9.18 Å². The third kappa shape index (κ3) is 1.41. The molecule has 0 spiro atoms. The summed E-state index contributed by atoms with van der Waals surface area (Å²) in [5, 5.41) is 6.31. The molecule has 3 rings (SSSR count). The lowest BCUT2D eigenvalue weighted by molar-refractivity contribution is 0.0966. The Bertz CT molecular complexity index is 610. The number of hydrogen-bond donors (Lipinski definition) is 2. The monoisotopic (exact) mass is 249 g/mol. The van der Waals surface area contributed by atoms with Gasteiger partial charge in [-0.1, -0.05) is 0 Å². The standard InChI is InChI=1S/C11H8FN3OS/c12-8-6-3-14-11(16)7(6)9(15-10(8)13)5-1-2-17-4-5/h1-2,4H,3H2,(H2,13,15)(H,14,16). The zero-order valence-electron chi connectivity index (χ0n) is 8.66. The number of nitrogen functional groups attached to an aromatic ring is 1. The number of aromatic nitrogens is 1. The fraction of sp³-hybridized carbons (Fsp3) is 0.0909. The van der Waals surface area contributed by atoms with E-state index in [1.54, 1.807) is 0 Å². The van der Waals surface area contributed by atoms with Gasteiger partial charge in [-0.15, -0.1) is 0 Å². The first-order chi connectivity index (χ1) is 8.18. The van der Waals surface area contributed by atoms with Gasteiger partial charge in [0.05, 0.1) is 11.3 Å². The molecule has 1 aliphatic rings. The lowest BCUT2D eigenvalue weighted by Gasteiger charge is -2.07. The van der Waals surface area contributed by atoms with Crippen molar-refractivity contribution in [2.75, 3.05) is 5.73 Å². The molecule has 1 amide bonds. The Morgan fingerprint density at radius 3 is 3.06 bits per heavy atom. The summed E-state index contributed by atoms with van der Waals surface area (Å²) in [7, 11) is 0. The minimum atomic E-state index is -0.600. The van der Waals surface area contributed by atoms with Gasteiger partial charge in [-0.05, 0) is 11.4 Å². The van der Waals surface area contributed by atoms with Crippen LogP contribution in [0.5, 0.6) is 0 Å². The number of thiophene rings is 1. The molecule has 4 nitrogen and oxygen atoms in total. The highest BCUT2D eigenvalue weighted by atomic mass is 32.1. The first kappa shape index (κ1) is 10.2. The highest BCUT2D eigenvalue weighted by Crippen LogP contribution is 2.32. The van der Waals surface area contributed by atoms with E-state index < -0.39 is 5.82 Å². The van der Waals surface area contributed by atoms with E-state index in [4.69, 9.17) is 5.73 Å². The Morgan fingerprint density at radius 1 is 1.53 bits per heavy atom. The summed E-state index contributed by atoms with van der Waals surface area (Å²) in [5.74, 6) is -1.06. The van der Waals surface area contributed by atoms with Gasteiger partial charge in [0, 0.05) is 23.1 Å². The van der Waals surface area contributed by atoms with E-state index in [2.05, 4.69) is 10.3 Å². The zero-order chi connectivity index (χ0) is 12.0. The van der Waals surface area contributed by atoms with E-state index in [-0.39, 0.29) is 18.3 Å². The second-order valence-corrected chi connectivity index (χ2v) is 4.49. The molecule has 3 N–H and O–H groups in total. The smallest absolute Gasteiger partial charge is 0.254 e. The van der Waals surface area contributed by atoms with Crippen molar-refractivity contribution < 1.29 is 9.18 Å². The van der Waals surface area contributed by atoms with Crippen LogP contribution in [0.4, 0.5) is 10.2 Å². The minimum absolute atomic E-state index is 0.165. The number of hydrogen-bond acceptors (Lipinski definition) is 4. The maximum atomic E-state index is 13.7. The van der Waals surface area contributed by atoms with E-state index in [0.717, 1.165) is 5.56 Å². The third-order valence-electron chi connectivity index (χ3n) is 2.71. The Labute approximate surface area is 100 Å². The number of halogens is 1. The maximum absolute atomic E-state index is 13.7. The highest BCUT2D eigenvalue weighted by Gasteiger charge is 2.29. The van der Waals surface area contributed by atoms with Crippen LogP contribution in [0.15, 0.2) is 16.8 Å². The Balaban J connectivity index is 2.33. The van der Waals surface area contributed by atoms with Gasteiger partial charge in [0.25, 0.3) is 5.91 Å². The fourth-order valence-electron chi connectivity index (χ4n) is 1.91. The molecule has 0 saturated heterocycles. The number of pyridine rings is 1. The number of carbonyl (C=O) groups is 1. The number of fused-ring (bicyclic) bond motifs is 1. The van der Waals surface area contributed by atoms with Crippen molar-refractivity contribution >= 4 is 23.1 Å². The summed E-state index contributed by atoms with van der Waals surface area (Å²) < 4.78 is 13.7. The Morgan fingerprint density at radius 2 is 2.35 bits per heavy atom. The van der Waals surface area contributed by atoms with Crippen LogP contribution >= 0.6 is 11.3 Å². The molecule has 2 aromatic rings.